The minimum atomic E-state index is -3.72. The van der Waals surface area contributed by atoms with Crippen molar-refractivity contribution >= 4 is 37.3 Å². The van der Waals surface area contributed by atoms with Crippen molar-refractivity contribution in [1.82, 2.24) is 0 Å². The molecule has 0 radical (unpaired) electrons. The summed E-state index contributed by atoms with van der Waals surface area (Å²) >= 11 is 3.59. The average molecular weight is 539 g/mol. The fourth-order valence-electron chi connectivity index (χ4n) is 5.05. The highest BCUT2D eigenvalue weighted by Crippen LogP contribution is 2.51. The Kier molecular flexibility index (Phi) is 5.94. The molecule has 1 heterocycles. The lowest BCUT2D eigenvalue weighted by atomic mass is 9.77. The van der Waals surface area contributed by atoms with Crippen LogP contribution in [-0.2, 0) is 10.0 Å². The van der Waals surface area contributed by atoms with E-state index in [9.17, 15) is 8.42 Å². The van der Waals surface area contributed by atoms with Gasteiger partial charge >= 0.3 is 0 Å². The van der Waals surface area contributed by atoms with Gasteiger partial charge in [0.1, 0.15) is 5.75 Å². The number of benzene rings is 3. The molecular formula is C27H27BrN2O3S. The quantitative estimate of drug-likeness (QED) is 0.354. The SMILES string of the molecule is COc1ccc(Br)cc1[C@H]1Nc2ccc(S(=O)(=O)Nc3cc(C)ccc3C)cc2[C@H]2C=CC[C@H]21. The molecule has 0 spiro atoms. The minimum absolute atomic E-state index is 0.0514. The molecule has 0 saturated carbocycles. The first-order valence-electron chi connectivity index (χ1n) is 11.3. The van der Waals surface area contributed by atoms with Crippen LogP contribution in [0.5, 0.6) is 5.75 Å². The maximum atomic E-state index is 13.3. The number of rotatable bonds is 5. The van der Waals surface area contributed by atoms with Gasteiger partial charge in [-0.3, -0.25) is 4.72 Å². The Morgan fingerprint density at radius 3 is 2.65 bits per heavy atom. The van der Waals surface area contributed by atoms with Crippen molar-refractivity contribution in [3.63, 3.8) is 0 Å². The smallest absolute Gasteiger partial charge is 0.261 e. The van der Waals surface area contributed by atoms with Crippen LogP contribution in [0.4, 0.5) is 11.4 Å². The minimum Gasteiger partial charge on any atom is -0.496 e. The van der Waals surface area contributed by atoms with Crippen LogP contribution in [0.2, 0.25) is 0 Å². The summed E-state index contributed by atoms with van der Waals surface area (Å²) in [4.78, 5) is 0.270. The number of ether oxygens (including phenoxy) is 1. The second-order valence-electron chi connectivity index (χ2n) is 9.03. The fraction of sp³-hybridized carbons (Fsp3) is 0.259. The van der Waals surface area contributed by atoms with Crippen LogP contribution in [0, 0.1) is 19.8 Å². The van der Waals surface area contributed by atoms with Gasteiger partial charge in [0.25, 0.3) is 10.0 Å². The molecule has 0 aromatic heterocycles. The number of hydrogen-bond acceptors (Lipinski definition) is 4. The van der Waals surface area contributed by atoms with Crippen LogP contribution < -0.4 is 14.8 Å². The molecule has 0 unspecified atom stereocenters. The molecule has 3 atom stereocenters. The Hall–Kier alpha value is -2.77. The van der Waals surface area contributed by atoms with E-state index in [1.165, 1.54) is 0 Å². The molecule has 34 heavy (non-hydrogen) atoms. The van der Waals surface area contributed by atoms with Gasteiger partial charge in [0.05, 0.1) is 23.7 Å². The van der Waals surface area contributed by atoms with Crippen LogP contribution in [-0.4, -0.2) is 15.5 Å². The third-order valence-corrected chi connectivity index (χ3v) is 8.67. The normalized spacial score (nSPS) is 20.9. The molecule has 3 aromatic carbocycles. The second kappa shape index (κ2) is 8.78. The number of nitrogens with one attached hydrogen (secondary N) is 2. The number of sulfonamides is 1. The summed E-state index contributed by atoms with van der Waals surface area (Å²) in [6.07, 6.45) is 5.31. The van der Waals surface area contributed by atoms with E-state index in [2.05, 4.69) is 44.2 Å². The van der Waals surface area contributed by atoms with Crippen molar-refractivity contribution in [2.45, 2.75) is 37.1 Å². The van der Waals surface area contributed by atoms with Crippen molar-refractivity contribution in [3.8, 4) is 5.75 Å². The zero-order chi connectivity index (χ0) is 24.0. The molecule has 2 aliphatic rings. The predicted molar refractivity (Wildman–Crippen MR) is 140 cm³/mol. The highest BCUT2D eigenvalue weighted by Gasteiger charge is 2.39. The molecule has 0 bridgehead atoms. The van der Waals surface area contributed by atoms with E-state index in [1.54, 1.807) is 13.2 Å². The molecule has 1 aliphatic heterocycles. The van der Waals surface area contributed by atoms with Gasteiger partial charge in [-0.15, -0.1) is 0 Å². The van der Waals surface area contributed by atoms with Gasteiger partial charge in [-0.05, 0) is 85.3 Å². The summed E-state index contributed by atoms with van der Waals surface area (Å²) in [7, 11) is -2.04. The van der Waals surface area contributed by atoms with E-state index in [-0.39, 0.29) is 22.8 Å². The maximum Gasteiger partial charge on any atom is 0.261 e. The first-order valence-corrected chi connectivity index (χ1v) is 13.5. The summed E-state index contributed by atoms with van der Waals surface area (Å²) < 4.78 is 36.0. The zero-order valence-corrected chi connectivity index (χ0v) is 21.7. The van der Waals surface area contributed by atoms with Crippen molar-refractivity contribution in [1.29, 1.82) is 0 Å². The first kappa shape index (κ1) is 23.0. The van der Waals surface area contributed by atoms with Crippen molar-refractivity contribution in [2.75, 3.05) is 17.1 Å². The highest BCUT2D eigenvalue weighted by molar-refractivity contribution is 9.10. The van der Waals surface area contributed by atoms with Crippen LogP contribution >= 0.6 is 15.9 Å². The van der Waals surface area contributed by atoms with E-state index in [0.29, 0.717) is 5.69 Å². The van der Waals surface area contributed by atoms with Gasteiger partial charge < -0.3 is 10.1 Å². The standard InChI is InChI=1S/C27H27BrN2O3S/c1-16-7-8-17(2)25(13-16)30-34(31,32)19-10-11-24-22(15-19)20-5-4-6-21(20)27(29-24)23-14-18(28)9-12-26(23)33-3/h4-5,7-15,20-21,27,29-30H,6H2,1-3H3/t20-,21+,27-/m0/s1. The largest absolute Gasteiger partial charge is 0.496 e. The summed E-state index contributed by atoms with van der Waals surface area (Å²) in [5.41, 5.74) is 5.55. The Morgan fingerprint density at radius 1 is 1.03 bits per heavy atom. The predicted octanol–water partition coefficient (Wildman–Crippen LogP) is 6.70. The van der Waals surface area contributed by atoms with Crippen molar-refractivity contribution in [3.05, 3.63) is 93.5 Å². The Balaban J connectivity index is 1.52. The van der Waals surface area contributed by atoms with E-state index in [1.807, 2.05) is 56.3 Å². The highest BCUT2D eigenvalue weighted by atomic mass is 79.9. The molecule has 5 rings (SSSR count). The lowest BCUT2D eigenvalue weighted by Crippen LogP contribution is -2.29. The van der Waals surface area contributed by atoms with Crippen LogP contribution in [0.15, 0.2) is 76.1 Å². The Morgan fingerprint density at radius 2 is 1.85 bits per heavy atom. The van der Waals surface area contributed by atoms with Gasteiger partial charge in [-0.1, -0.05) is 40.2 Å². The average Bonchev–Trinajstić information content (AvgIpc) is 3.31. The fourth-order valence-corrected chi connectivity index (χ4v) is 6.58. The molecule has 0 saturated heterocycles. The summed E-state index contributed by atoms with van der Waals surface area (Å²) in [6, 6.07) is 17.2. The number of allylic oxidation sites excluding steroid dienone is 2. The number of methoxy groups -OCH3 is 1. The number of anilines is 2. The van der Waals surface area contributed by atoms with Gasteiger partial charge in [-0.2, -0.15) is 0 Å². The monoisotopic (exact) mass is 538 g/mol. The van der Waals surface area contributed by atoms with Crippen molar-refractivity contribution in [2.24, 2.45) is 5.92 Å². The topological polar surface area (TPSA) is 67.4 Å². The second-order valence-corrected chi connectivity index (χ2v) is 11.6. The molecule has 7 heteroatoms. The molecule has 176 valence electrons. The number of fused-ring (bicyclic) bond motifs is 3. The van der Waals surface area contributed by atoms with Gasteiger partial charge in [0.15, 0.2) is 0 Å². The number of halogens is 1. The molecule has 0 fully saturated rings. The summed E-state index contributed by atoms with van der Waals surface area (Å²) in [5.74, 6) is 1.23. The third-order valence-electron chi connectivity index (χ3n) is 6.81. The van der Waals surface area contributed by atoms with Crippen molar-refractivity contribution < 1.29 is 13.2 Å². The summed E-state index contributed by atoms with van der Waals surface area (Å²) in [5, 5.41) is 3.68. The Bertz CT molecular complexity index is 1400. The molecular weight excluding hydrogens is 512 g/mol. The van der Waals surface area contributed by atoms with E-state index in [0.717, 1.165) is 44.6 Å². The summed E-state index contributed by atoms with van der Waals surface area (Å²) in [6.45, 7) is 3.85. The molecule has 1 aliphatic carbocycles. The van der Waals surface area contributed by atoms with Crippen LogP contribution in [0.3, 0.4) is 0 Å². The zero-order valence-electron chi connectivity index (χ0n) is 19.3. The first-order chi connectivity index (χ1) is 16.3. The van der Waals surface area contributed by atoms with Crippen LogP contribution in [0.1, 0.15) is 40.6 Å². The lowest BCUT2D eigenvalue weighted by molar-refractivity contribution is 0.381. The van der Waals surface area contributed by atoms with E-state index in [4.69, 9.17) is 4.74 Å². The number of aryl methyl sites for hydroxylation is 2. The molecule has 5 nitrogen and oxygen atoms in total. The molecule has 2 N–H and O–H groups in total. The van der Waals surface area contributed by atoms with E-state index < -0.39 is 10.0 Å². The van der Waals surface area contributed by atoms with Crippen LogP contribution in [0.25, 0.3) is 0 Å². The number of hydrogen-bond donors (Lipinski definition) is 2. The maximum absolute atomic E-state index is 13.3. The van der Waals surface area contributed by atoms with Gasteiger partial charge in [-0.25, -0.2) is 8.42 Å². The third kappa shape index (κ3) is 4.12. The van der Waals surface area contributed by atoms with Gasteiger partial charge in [0.2, 0.25) is 0 Å². The van der Waals surface area contributed by atoms with E-state index >= 15 is 0 Å². The Labute approximate surface area is 209 Å². The molecule has 3 aromatic rings. The molecule has 0 amide bonds. The van der Waals surface area contributed by atoms with Gasteiger partial charge in [0, 0.05) is 21.6 Å². The lowest BCUT2D eigenvalue weighted by Gasteiger charge is -2.38.